The third-order valence-electron chi connectivity index (χ3n) is 3.05. The van der Waals surface area contributed by atoms with Gasteiger partial charge in [-0.25, -0.2) is 4.98 Å². The summed E-state index contributed by atoms with van der Waals surface area (Å²) in [7, 11) is 0. The first-order valence-corrected chi connectivity index (χ1v) is 6.09. The minimum Gasteiger partial charge on any atom is -0.398 e. The fraction of sp³-hybridized carbons (Fsp3) is 0.0667. The molecule has 19 heavy (non-hydrogen) atoms. The smallest absolute Gasteiger partial charge is 0.140 e. The number of para-hydroxylation sites is 1. The van der Waals surface area contributed by atoms with Crippen LogP contribution in [0.5, 0.6) is 0 Å². The van der Waals surface area contributed by atoms with E-state index in [4.69, 9.17) is 5.73 Å². The average molecular weight is 250 g/mol. The molecule has 0 aliphatic rings. The van der Waals surface area contributed by atoms with Gasteiger partial charge in [0, 0.05) is 36.0 Å². The summed E-state index contributed by atoms with van der Waals surface area (Å²) in [5.41, 5.74) is 8.93. The van der Waals surface area contributed by atoms with Crippen LogP contribution in [-0.2, 0) is 6.54 Å². The number of hydrogen-bond acceptors (Lipinski definition) is 3. The molecule has 0 radical (unpaired) electrons. The molecule has 0 fully saturated rings. The third kappa shape index (κ3) is 2.33. The molecule has 2 aromatic heterocycles. The fourth-order valence-electron chi connectivity index (χ4n) is 2.06. The highest BCUT2D eigenvalue weighted by atomic mass is 15.1. The number of benzene rings is 1. The highest BCUT2D eigenvalue weighted by Gasteiger charge is 2.07. The molecule has 0 atom stereocenters. The summed E-state index contributed by atoms with van der Waals surface area (Å²) in [6.45, 7) is 0.713. The Morgan fingerprint density at radius 2 is 1.79 bits per heavy atom. The molecule has 0 aliphatic carbocycles. The number of hydrogen-bond donors (Lipinski definition) is 1. The molecular formula is C15H14N4. The number of nitrogens with two attached hydrogens (primary N) is 1. The summed E-state index contributed by atoms with van der Waals surface area (Å²) in [5.74, 6) is 0.922. The number of pyridine rings is 1. The van der Waals surface area contributed by atoms with Gasteiger partial charge in [0.25, 0.3) is 0 Å². The van der Waals surface area contributed by atoms with Crippen molar-refractivity contribution in [1.82, 2.24) is 14.5 Å². The largest absolute Gasteiger partial charge is 0.398 e. The minimum atomic E-state index is 0.713. The van der Waals surface area contributed by atoms with Gasteiger partial charge in [-0.2, -0.15) is 0 Å². The number of rotatable bonds is 3. The topological polar surface area (TPSA) is 56.7 Å². The molecule has 0 aliphatic heterocycles. The summed E-state index contributed by atoms with van der Waals surface area (Å²) in [4.78, 5) is 8.43. The van der Waals surface area contributed by atoms with Crippen LogP contribution in [0.25, 0.3) is 11.4 Å². The van der Waals surface area contributed by atoms with Crippen molar-refractivity contribution in [1.29, 1.82) is 0 Å². The molecule has 0 unspecified atom stereocenters. The standard InChI is InChI=1S/C15H14N4/c16-14-4-2-1-3-13(14)11-19-10-9-18-15(19)12-5-7-17-8-6-12/h1-10H,11,16H2. The fourth-order valence-corrected chi connectivity index (χ4v) is 2.06. The maximum absolute atomic E-state index is 5.98. The van der Waals surface area contributed by atoms with Crippen LogP contribution in [-0.4, -0.2) is 14.5 Å². The van der Waals surface area contributed by atoms with E-state index in [0.29, 0.717) is 6.54 Å². The predicted molar refractivity (Wildman–Crippen MR) is 75.4 cm³/mol. The van der Waals surface area contributed by atoms with E-state index >= 15 is 0 Å². The van der Waals surface area contributed by atoms with Gasteiger partial charge in [0.15, 0.2) is 0 Å². The van der Waals surface area contributed by atoms with E-state index in [2.05, 4.69) is 14.5 Å². The molecule has 3 aromatic rings. The van der Waals surface area contributed by atoms with Gasteiger partial charge in [-0.1, -0.05) is 18.2 Å². The monoisotopic (exact) mass is 250 g/mol. The van der Waals surface area contributed by atoms with E-state index in [-0.39, 0.29) is 0 Å². The molecule has 4 heteroatoms. The van der Waals surface area contributed by atoms with Gasteiger partial charge in [-0.15, -0.1) is 0 Å². The first-order valence-electron chi connectivity index (χ1n) is 6.09. The Kier molecular flexibility index (Phi) is 2.98. The lowest BCUT2D eigenvalue weighted by molar-refractivity contribution is 0.809. The molecule has 0 saturated heterocycles. The van der Waals surface area contributed by atoms with Gasteiger partial charge < -0.3 is 10.3 Å². The molecule has 2 N–H and O–H groups in total. The quantitative estimate of drug-likeness (QED) is 0.727. The molecule has 2 heterocycles. The molecule has 94 valence electrons. The SMILES string of the molecule is Nc1ccccc1Cn1ccnc1-c1ccncc1. The summed E-state index contributed by atoms with van der Waals surface area (Å²) >= 11 is 0. The molecule has 3 rings (SSSR count). The number of imidazole rings is 1. The lowest BCUT2D eigenvalue weighted by Gasteiger charge is -2.09. The summed E-state index contributed by atoms with van der Waals surface area (Å²) in [6, 6.07) is 11.8. The summed E-state index contributed by atoms with van der Waals surface area (Å²) in [5, 5.41) is 0. The van der Waals surface area contributed by atoms with E-state index in [1.807, 2.05) is 42.6 Å². The van der Waals surface area contributed by atoms with Gasteiger partial charge >= 0.3 is 0 Å². The van der Waals surface area contributed by atoms with Crippen LogP contribution in [0.15, 0.2) is 61.2 Å². The Balaban J connectivity index is 1.96. The first-order chi connectivity index (χ1) is 9.34. The number of aromatic nitrogens is 3. The van der Waals surface area contributed by atoms with Crippen LogP contribution in [0.1, 0.15) is 5.56 Å². The van der Waals surface area contributed by atoms with Gasteiger partial charge in [0.1, 0.15) is 5.82 Å². The normalized spacial score (nSPS) is 10.5. The Morgan fingerprint density at radius 3 is 2.58 bits per heavy atom. The molecule has 0 bridgehead atoms. The Labute approximate surface area is 111 Å². The summed E-state index contributed by atoms with van der Waals surface area (Å²) < 4.78 is 2.08. The second-order valence-corrected chi connectivity index (χ2v) is 4.31. The van der Waals surface area contributed by atoms with Crippen LogP contribution in [0.3, 0.4) is 0 Å². The Hall–Kier alpha value is -2.62. The number of nitrogen functional groups attached to an aromatic ring is 1. The maximum Gasteiger partial charge on any atom is 0.140 e. The Bertz CT molecular complexity index is 673. The van der Waals surface area contributed by atoms with Crippen molar-refractivity contribution in [3.8, 4) is 11.4 Å². The first kappa shape index (κ1) is 11.5. The zero-order valence-electron chi connectivity index (χ0n) is 10.4. The highest BCUT2D eigenvalue weighted by Crippen LogP contribution is 2.19. The average Bonchev–Trinajstić information content (AvgIpc) is 2.91. The van der Waals surface area contributed by atoms with Crippen molar-refractivity contribution in [3.05, 3.63) is 66.7 Å². The van der Waals surface area contributed by atoms with Crippen LogP contribution < -0.4 is 5.73 Å². The van der Waals surface area contributed by atoms with Crippen LogP contribution in [0.2, 0.25) is 0 Å². The number of nitrogens with zero attached hydrogens (tertiary/aromatic N) is 3. The van der Waals surface area contributed by atoms with Crippen molar-refractivity contribution in [2.45, 2.75) is 6.54 Å². The van der Waals surface area contributed by atoms with Crippen LogP contribution in [0.4, 0.5) is 5.69 Å². The summed E-state index contributed by atoms with van der Waals surface area (Å²) in [6.07, 6.45) is 7.30. The number of anilines is 1. The van der Waals surface area contributed by atoms with Gasteiger partial charge in [0.05, 0.1) is 6.54 Å². The molecule has 0 amide bonds. The highest BCUT2D eigenvalue weighted by molar-refractivity contribution is 5.55. The third-order valence-corrected chi connectivity index (χ3v) is 3.05. The second kappa shape index (κ2) is 4.94. The molecule has 0 saturated carbocycles. The van der Waals surface area contributed by atoms with Crippen molar-refractivity contribution in [2.24, 2.45) is 0 Å². The van der Waals surface area contributed by atoms with Gasteiger partial charge in [0.2, 0.25) is 0 Å². The maximum atomic E-state index is 5.98. The van der Waals surface area contributed by atoms with Gasteiger partial charge in [-0.3, -0.25) is 4.98 Å². The molecular weight excluding hydrogens is 236 g/mol. The van der Waals surface area contributed by atoms with Crippen LogP contribution in [0, 0.1) is 0 Å². The second-order valence-electron chi connectivity index (χ2n) is 4.31. The van der Waals surface area contributed by atoms with E-state index in [9.17, 15) is 0 Å². The van der Waals surface area contributed by atoms with Crippen molar-refractivity contribution >= 4 is 5.69 Å². The predicted octanol–water partition coefficient (Wildman–Crippen LogP) is 2.58. The van der Waals surface area contributed by atoms with E-state index in [0.717, 1.165) is 22.6 Å². The van der Waals surface area contributed by atoms with E-state index in [1.54, 1.807) is 18.6 Å². The van der Waals surface area contributed by atoms with E-state index < -0.39 is 0 Å². The molecule has 0 spiro atoms. The van der Waals surface area contributed by atoms with Gasteiger partial charge in [-0.05, 0) is 23.8 Å². The minimum absolute atomic E-state index is 0.713. The molecule has 4 nitrogen and oxygen atoms in total. The van der Waals surface area contributed by atoms with Crippen LogP contribution >= 0.6 is 0 Å². The zero-order chi connectivity index (χ0) is 13.1. The van der Waals surface area contributed by atoms with Crippen molar-refractivity contribution < 1.29 is 0 Å². The molecule has 1 aromatic carbocycles. The van der Waals surface area contributed by atoms with Crippen molar-refractivity contribution in [2.75, 3.05) is 5.73 Å². The van der Waals surface area contributed by atoms with E-state index in [1.165, 1.54) is 0 Å². The Morgan fingerprint density at radius 1 is 1.00 bits per heavy atom. The van der Waals surface area contributed by atoms with Crippen molar-refractivity contribution in [3.63, 3.8) is 0 Å². The lowest BCUT2D eigenvalue weighted by Crippen LogP contribution is -2.03. The zero-order valence-corrected chi connectivity index (χ0v) is 10.4. The lowest BCUT2D eigenvalue weighted by atomic mass is 10.1.